The molecule has 0 amide bonds. The molecule has 0 aromatic heterocycles. The van der Waals surface area contributed by atoms with Crippen molar-refractivity contribution in [2.24, 2.45) is 0 Å². The maximum absolute atomic E-state index is 10.4. The van der Waals surface area contributed by atoms with E-state index in [0.29, 0.717) is 31.3 Å². The highest BCUT2D eigenvalue weighted by Crippen LogP contribution is 2.28. The van der Waals surface area contributed by atoms with Gasteiger partial charge >= 0.3 is 0 Å². The zero-order chi connectivity index (χ0) is 21.5. The number of anilines is 1. The molecule has 1 unspecified atom stereocenters. The Bertz CT molecular complexity index is 833. The maximum Gasteiger partial charge on any atom is 0.161 e. The fourth-order valence-electron chi connectivity index (χ4n) is 3.73. The SMILES string of the molecule is COc1ccc(COCC(O)CN2CCN(c3cc(Cl)ccc3C)CC2)cc1OC.Cl.Cl. The summed E-state index contributed by atoms with van der Waals surface area (Å²) in [5.41, 5.74) is 3.41. The number of piperazine rings is 1. The third kappa shape index (κ3) is 7.87. The van der Waals surface area contributed by atoms with Crippen LogP contribution in [0.25, 0.3) is 0 Å². The van der Waals surface area contributed by atoms with Crippen LogP contribution in [0.2, 0.25) is 5.02 Å². The minimum Gasteiger partial charge on any atom is -0.493 e. The van der Waals surface area contributed by atoms with Crippen LogP contribution in [-0.2, 0) is 11.3 Å². The lowest BCUT2D eigenvalue weighted by atomic mass is 10.1. The summed E-state index contributed by atoms with van der Waals surface area (Å²) >= 11 is 6.16. The number of rotatable bonds is 9. The second-order valence-electron chi connectivity index (χ2n) is 7.58. The zero-order valence-electron chi connectivity index (χ0n) is 18.8. The molecule has 9 heteroatoms. The summed E-state index contributed by atoms with van der Waals surface area (Å²) in [7, 11) is 3.22. The predicted molar refractivity (Wildman–Crippen MR) is 135 cm³/mol. The van der Waals surface area contributed by atoms with Gasteiger partial charge in [-0.05, 0) is 42.3 Å². The summed E-state index contributed by atoms with van der Waals surface area (Å²) in [5.74, 6) is 1.36. The summed E-state index contributed by atoms with van der Waals surface area (Å²) < 4.78 is 16.3. The number of hydrogen-bond acceptors (Lipinski definition) is 6. The molecule has 1 fully saturated rings. The number of benzene rings is 2. The number of methoxy groups -OCH3 is 2. The van der Waals surface area contributed by atoms with Gasteiger partial charge in [-0.25, -0.2) is 0 Å². The first kappa shape index (κ1) is 28.6. The van der Waals surface area contributed by atoms with Crippen molar-refractivity contribution >= 4 is 42.1 Å². The van der Waals surface area contributed by atoms with E-state index in [1.807, 2.05) is 30.3 Å². The standard InChI is InChI=1S/C23H31ClN2O4.2ClH/c1-17-4-6-19(24)13-21(17)26-10-8-25(9-11-26)14-20(27)16-30-15-18-5-7-22(28-2)23(12-18)29-3;;/h4-7,12-13,20,27H,8-11,14-16H2,1-3H3;2*1H. The topological polar surface area (TPSA) is 54.4 Å². The number of halogens is 3. The Morgan fingerprint density at radius 3 is 2.31 bits per heavy atom. The van der Waals surface area contributed by atoms with E-state index in [4.69, 9.17) is 25.8 Å². The van der Waals surface area contributed by atoms with Crippen molar-refractivity contribution in [3.05, 3.63) is 52.5 Å². The Kier molecular flexibility index (Phi) is 12.5. The van der Waals surface area contributed by atoms with E-state index < -0.39 is 6.10 Å². The van der Waals surface area contributed by atoms with E-state index in [-0.39, 0.29) is 24.8 Å². The van der Waals surface area contributed by atoms with Gasteiger partial charge in [0.1, 0.15) is 0 Å². The van der Waals surface area contributed by atoms with E-state index in [9.17, 15) is 5.11 Å². The third-order valence-electron chi connectivity index (χ3n) is 5.38. The fraction of sp³-hybridized carbons (Fsp3) is 0.478. The Labute approximate surface area is 208 Å². The van der Waals surface area contributed by atoms with Gasteiger partial charge < -0.3 is 24.2 Å². The van der Waals surface area contributed by atoms with Gasteiger partial charge in [-0.3, -0.25) is 4.90 Å². The van der Waals surface area contributed by atoms with Crippen molar-refractivity contribution in [1.82, 2.24) is 4.90 Å². The second-order valence-corrected chi connectivity index (χ2v) is 8.01. The molecule has 1 atom stereocenters. The van der Waals surface area contributed by atoms with E-state index in [1.54, 1.807) is 14.2 Å². The lowest BCUT2D eigenvalue weighted by Gasteiger charge is -2.37. The van der Waals surface area contributed by atoms with Crippen molar-refractivity contribution < 1.29 is 19.3 Å². The van der Waals surface area contributed by atoms with Gasteiger partial charge in [0.25, 0.3) is 0 Å². The smallest absolute Gasteiger partial charge is 0.161 e. The molecule has 1 aliphatic rings. The van der Waals surface area contributed by atoms with Crippen molar-refractivity contribution in [1.29, 1.82) is 0 Å². The normalized spacial score (nSPS) is 14.8. The molecule has 2 aromatic carbocycles. The van der Waals surface area contributed by atoms with E-state index >= 15 is 0 Å². The molecular weight excluding hydrogens is 475 g/mol. The molecule has 0 spiro atoms. The lowest BCUT2D eigenvalue weighted by molar-refractivity contribution is 0.00909. The minimum absolute atomic E-state index is 0. The number of nitrogens with zero attached hydrogens (tertiary/aromatic N) is 2. The Morgan fingerprint density at radius 2 is 1.66 bits per heavy atom. The highest BCUT2D eigenvalue weighted by atomic mass is 35.5. The number of aliphatic hydroxyl groups is 1. The average Bonchev–Trinajstić information content (AvgIpc) is 2.76. The molecule has 0 radical (unpaired) electrons. The number of hydrogen-bond donors (Lipinski definition) is 1. The molecule has 0 bridgehead atoms. The van der Waals surface area contributed by atoms with Crippen molar-refractivity contribution in [2.45, 2.75) is 19.6 Å². The van der Waals surface area contributed by atoms with Gasteiger partial charge in [-0.1, -0.05) is 23.7 Å². The first-order valence-corrected chi connectivity index (χ1v) is 10.6. The van der Waals surface area contributed by atoms with Crippen molar-refractivity contribution in [3.8, 4) is 11.5 Å². The number of ether oxygens (including phenoxy) is 3. The highest BCUT2D eigenvalue weighted by Gasteiger charge is 2.20. The van der Waals surface area contributed by atoms with Crippen LogP contribution in [0.4, 0.5) is 5.69 Å². The van der Waals surface area contributed by atoms with Gasteiger partial charge in [0.05, 0.1) is 33.5 Å². The monoisotopic (exact) mass is 506 g/mol. The van der Waals surface area contributed by atoms with Crippen LogP contribution in [0.5, 0.6) is 11.5 Å². The summed E-state index contributed by atoms with van der Waals surface area (Å²) in [4.78, 5) is 4.64. The maximum atomic E-state index is 10.4. The molecule has 1 aliphatic heterocycles. The van der Waals surface area contributed by atoms with Crippen LogP contribution in [0.15, 0.2) is 36.4 Å². The van der Waals surface area contributed by atoms with Crippen LogP contribution in [0, 0.1) is 6.92 Å². The largest absolute Gasteiger partial charge is 0.493 e. The van der Waals surface area contributed by atoms with Crippen LogP contribution in [-0.4, -0.2) is 69.7 Å². The molecule has 1 heterocycles. The Hall–Kier alpha value is -1.41. The lowest BCUT2D eigenvalue weighted by Crippen LogP contribution is -2.49. The molecule has 0 aliphatic carbocycles. The van der Waals surface area contributed by atoms with Gasteiger partial charge in [0.2, 0.25) is 0 Å². The van der Waals surface area contributed by atoms with Crippen molar-refractivity contribution in [3.63, 3.8) is 0 Å². The van der Waals surface area contributed by atoms with E-state index in [0.717, 1.165) is 36.8 Å². The summed E-state index contributed by atoms with van der Waals surface area (Å²) in [6.07, 6.45) is -0.524. The van der Waals surface area contributed by atoms with Gasteiger partial charge in [0, 0.05) is 43.4 Å². The van der Waals surface area contributed by atoms with Crippen LogP contribution >= 0.6 is 36.4 Å². The number of aliphatic hydroxyl groups excluding tert-OH is 1. The quantitative estimate of drug-likeness (QED) is 0.549. The predicted octanol–water partition coefficient (Wildman–Crippen LogP) is 4.21. The minimum atomic E-state index is -0.524. The molecule has 1 saturated heterocycles. The molecule has 2 aromatic rings. The summed E-state index contributed by atoms with van der Waals surface area (Å²) in [6, 6.07) is 11.7. The molecule has 32 heavy (non-hydrogen) atoms. The summed E-state index contributed by atoms with van der Waals surface area (Å²) in [5, 5.41) is 11.1. The van der Waals surface area contributed by atoms with Gasteiger partial charge in [-0.15, -0.1) is 24.8 Å². The van der Waals surface area contributed by atoms with Gasteiger partial charge in [0.15, 0.2) is 11.5 Å². The van der Waals surface area contributed by atoms with E-state index in [2.05, 4.69) is 22.8 Å². The Morgan fingerprint density at radius 1 is 0.969 bits per heavy atom. The summed E-state index contributed by atoms with van der Waals surface area (Å²) in [6.45, 7) is 7.06. The van der Waals surface area contributed by atoms with Crippen molar-refractivity contribution in [2.75, 3.05) is 58.5 Å². The highest BCUT2D eigenvalue weighted by molar-refractivity contribution is 6.30. The molecule has 1 N–H and O–H groups in total. The molecular formula is C23H33Cl3N2O4. The average molecular weight is 508 g/mol. The molecule has 0 saturated carbocycles. The number of aryl methyl sites for hydroxylation is 1. The van der Waals surface area contributed by atoms with Gasteiger partial charge in [-0.2, -0.15) is 0 Å². The third-order valence-corrected chi connectivity index (χ3v) is 5.62. The fourth-order valence-corrected chi connectivity index (χ4v) is 3.89. The zero-order valence-corrected chi connectivity index (χ0v) is 21.1. The van der Waals surface area contributed by atoms with Crippen LogP contribution < -0.4 is 14.4 Å². The van der Waals surface area contributed by atoms with E-state index in [1.165, 1.54) is 11.3 Å². The second kappa shape index (κ2) is 14.0. The Balaban J connectivity index is 0.00000256. The van der Waals surface area contributed by atoms with Crippen LogP contribution in [0.1, 0.15) is 11.1 Å². The molecule has 180 valence electrons. The van der Waals surface area contributed by atoms with Crippen LogP contribution in [0.3, 0.4) is 0 Å². The first-order valence-electron chi connectivity index (χ1n) is 10.2. The molecule has 3 rings (SSSR count). The first-order chi connectivity index (χ1) is 14.5. The molecule has 6 nitrogen and oxygen atoms in total. The number of β-amino-alcohol motifs (C(OH)–C–C–N with tert-alkyl or cyclic N) is 1.